The summed E-state index contributed by atoms with van der Waals surface area (Å²) in [6.45, 7) is 4.21. The van der Waals surface area contributed by atoms with E-state index in [1.165, 1.54) is 0 Å². The van der Waals surface area contributed by atoms with Gasteiger partial charge in [-0.2, -0.15) is 0 Å². The summed E-state index contributed by atoms with van der Waals surface area (Å²) in [6, 6.07) is 16.0. The van der Waals surface area contributed by atoms with Crippen molar-refractivity contribution in [2.45, 2.75) is 0 Å². The minimum absolute atomic E-state index is 0.719. The Hall–Kier alpha value is -2.19. The third-order valence-corrected chi connectivity index (χ3v) is 3.84. The van der Waals surface area contributed by atoms with E-state index in [2.05, 4.69) is 23.7 Å². The molecule has 1 N–H and O–H groups in total. The lowest BCUT2D eigenvalue weighted by atomic mass is 10.1. The Morgan fingerprint density at radius 2 is 1.80 bits per heavy atom. The van der Waals surface area contributed by atoms with Crippen LogP contribution in [0.2, 0.25) is 5.02 Å². The first-order valence-electron chi connectivity index (χ1n) is 6.42. The Labute approximate surface area is 123 Å². The van der Waals surface area contributed by atoms with Gasteiger partial charge in [-0.3, -0.25) is 0 Å². The number of nitrogens with one attached hydrogen (secondary N) is 1. The van der Waals surface area contributed by atoms with Gasteiger partial charge in [0.25, 0.3) is 0 Å². The van der Waals surface area contributed by atoms with E-state index in [1.54, 1.807) is 0 Å². The van der Waals surface area contributed by atoms with Crippen LogP contribution >= 0.6 is 11.6 Å². The fourth-order valence-electron chi connectivity index (χ4n) is 2.36. The molecule has 0 unspecified atom stereocenters. The van der Waals surface area contributed by atoms with Crippen molar-refractivity contribution in [2.75, 3.05) is 11.9 Å². The molecule has 0 aliphatic heterocycles. The number of hydrogen-bond donors (Lipinski definition) is 1. The normalized spacial score (nSPS) is 10.7. The summed E-state index contributed by atoms with van der Waals surface area (Å²) in [4.78, 5) is 5.28. The minimum atomic E-state index is 0.719. The maximum atomic E-state index is 6.25. The molecule has 3 heteroatoms. The summed E-state index contributed by atoms with van der Waals surface area (Å²) in [5.41, 5.74) is 4.05. The van der Waals surface area contributed by atoms with Gasteiger partial charge >= 0.3 is 0 Å². The minimum Gasteiger partial charge on any atom is -0.360 e. The highest BCUT2D eigenvalue weighted by molar-refractivity contribution is 6.33. The first kappa shape index (κ1) is 12.8. The molecule has 0 saturated carbocycles. The molecule has 100 valence electrons. The molecule has 0 atom stereocenters. The van der Waals surface area contributed by atoms with Gasteiger partial charge in [0.1, 0.15) is 0 Å². The van der Waals surface area contributed by atoms with Crippen molar-refractivity contribution in [1.29, 1.82) is 0 Å². The number of benzene rings is 2. The van der Waals surface area contributed by atoms with Crippen LogP contribution in [-0.2, 0) is 0 Å². The van der Waals surface area contributed by atoms with Gasteiger partial charge in [-0.25, -0.2) is 0 Å². The van der Waals surface area contributed by atoms with Crippen molar-refractivity contribution in [1.82, 2.24) is 4.98 Å². The Morgan fingerprint density at radius 3 is 2.60 bits per heavy atom. The quantitative estimate of drug-likeness (QED) is 0.722. The van der Waals surface area contributed by atoms with E-state index in [1.807, 2.05) is 54.5 Å². The molecule has 2 aromatic carbocycles. The van der Waals surface area contributed by atoms with E-state index < -0.39 is 0 Å². The largest absolute Gasteiger partial charge is 0.360 e. The van der Waals surface area contributed by atoms with Gasteiger partial charge in [-0.05, 0) is 18.2 Å². The van der Waals surface area contributed by atoms with Crippen LogP contribution in [0, 0.1) is 0 Å². The number of halogens is 1. The van der Waals surface area contributed by atoms with E-state index in [0.29, 0.717) is 0 Å². The zero-order valence-electron chi connectivity index (χ0n) is 11.2. The summed E-state index contributed by atoms with van der Waals surface area (Å²) in [5.74, 6) is 0. The first-order chi connectivity index (χ1) is 9.68. The SMILES string of the molecule is C=C(c1c[nH]c2ccccc12)N(C)c1ccccc1Cl. The van der Waals surface area contributed by atoms with Gasteiger partial charge in [0, 0.05) is 35.4 Å². The summed E-state index contributed by atoms with van der Waals surface area (Å²) in [7, 11) is 1.98. The van der Waals surface area contributed by atoms with E-state index in [9.17, 15) is 0 Å². The smallest absolute Gasteiger partial charge is 0.0642 e. The van der Waals surface area contributed by atoms with E-state index in [-0.39, 0.29) is 0 Å². The van der Waals surface area contributed by atoms with Crippen LogP contribution in [0.1, 0.15) is 5.56 Å². The molecule has 0 bridgehead atoms. The van der Waals surface area contributed by atoms with Gasteiger partial charge < -0.3 is 9.88 Å². The number of anilines is 1. The fraction of sp³-hybridized carbons (Fsp3) is 0.0588. The summed E-state index contributed by atoms with van der Waals surface area (Å²) >= 11 is 6.25. The maximum Gasteiger partial charge on any atom is 0.0642 e. The van der Waals surface area contributed by atoms with Crippen molar-refractivity contribution < 1.29 is 0 Å². The number of nitrogens with zero attached hydrogens (tertiary/aromatic N) is 1. The van der Waals surface area contributed by atoms with Crippen molar-refractivity contribution >= 4 is 33.9 Å². The predicted molar refractivity (Wildman–Crippen MR) is 87.2 cm³/mol. The number of H-pyrrole nitrogens is 1. The zero-order valence-corrected chi connectivity index (χ0v) is 12.0. The number of aromatic nitrogens is 1. The molecule has 3 rings (SSSR count). The molecule has 0 radical (unpaired) electrons. The number of para-hydroxylation sites is 2. The summed E-state index contributed by atoms with van der Waals surface area (Å²) in [6.07, 6.45) is 1.99. The van der Waals surface area contributed by atoms with Gasteiger partial charge in [0.2, 0.25) is 0 Å². The lowest BCUT2D eigenvalue weighted by Gasteiger charge is -2.22. The third kappa shape index (κ3) is 2.08. The molecule has 0 fully saturated rings. The van der Waals surface area contributed by atoms with E-state index in [4.69, 9.17) is 11.6 Å². The monoisotopic (exact) mass is 282 g/mol. The van der Waals surface area contributed by atoms with Crippen LogP contribution in [0.25, 0.3) is 16.6 Å². The topological polar surface area (TPSA) is 19.0 Å². The molecule has 3 aromatic rings. The van der Waals surface area contributed by atoms with Crippen LogP contribution < -0.4 is 4.90 Å². The molecular formula is C17H15ClN2. The second-order valence-corrected chi connectivity index (χ2v) is 5.11. The van der Waals surface area contributed by atoms with E-state index in [0.717, 1.165) is 32.9 Å². The van der Waals surface area contributed by atoms with Crippen molar-refractivity contribution in [3.63, 3.8) is 0 Å². The second-order valence-electron chi connectivity index (χ2n) is 4.71. The predicted octanol–water partition coefficient (Wildman–Crippen LogP) is 4.93. The molecule has 0 saturated heterocycles. The molecule has 0 aliphatic rings. The second kappa shape index (κ2) is 5.06. The number of hydrogen-bond acceptors (Lipinski definition) is 1. The molecule has 0 amide bonds. The van der Waals surface area contributed by atoms with Gasteiger partial charge in [0.05, 0.1) is 10.7 Å². The fourth-order valence-corrected chi connectivity index (χ4v) is 2.62. The Bertz CT molecular complexity index is 773. The highest BCUT2D eigenvalue weighted by Gasteiger charge is 2.13. The first-order valence-corrected chi connectivity index (χ1v) is 6.80. The maximum absolute atomic E-state index is 6.25. The average molecular weight is 283 g/mol. The van der Waals surface area contributed by atoms with Gasteiger partial charge in [0.15, 0.2) is 0 Å². The van der Waals surface area contributed by atoms with Crippen molar-refractivity contribution in [3.05, 3.63) is 71.9 Å². The Kier molecular flexibility index (Phi) is 3.25. The molecule has 0 aliphatic carbocycles. The standard InChI is InChI=1S/C17H15ClN2/c1-12(20(2)17-10-6-4-8-15(17)18)14-11-19-16-9-5-3-7-13(14)16/h3-11,19H,1H2,2H3. The average Bonchev–Trinajstić information content (AvgIpc) is 2.90. The summed E-state index contributed by atoms with van der Waals surface area (Å²) < 4.78 is 0. The third-order valence-electron chi connectivity index (χ3n) is 3.52. The van der Waals surface area contributed by atoms with Crippen LogP contribution in [0.3, 0.4) is 0 Å². The van der Waals surface area contributed by atoms with Gasteiger partial charge in [-0.15, -0.1) is 0 Å². The lowest BCUT2D eigenvalue weighted by molar-refractivity contribution is 1.23. The molecule has 2 nitrogen and oxygen atoms in total. The zero-order chi connectivity index (χ0) is 14.1. The number of rotatable bonds is 3. The molecule has 20 heavy (non-hydrogen) atoms. The van der Waals surface area contributed by atoms with Crippen LogP contribution in [0.4, 0.5) is 5.69 Å². The Morgan fingerprint density at radius 1 is 1.10 bits per heavy atom. The van der Waals surface area contributed by atoms with Crippen LogP contribution in [0.15, 0.2) is 61.3 Å². The lowest BCUT2D eigenvalue weighted by Crippen LogP contribution is -2.14. The molecule has 1 heterocycles. The van der Waals surface area contributed by atoms with Crippen molar-refractivity contribution in [2.24, 2.45) is 0 Å². The highest BCUT2D eigenvalue weighted by Crippen LogP contribution is 2.32. The molecule has 0 spiro atoms. The van der Waals surface area contributed by atoms with Gasteiger partial charge in [-0.1, -0.05) is 48.5 Å². The Balaban J connectivity index is 2.03. The number of aromatic amines is 1. The highest BCUT2D eigenvalue weighted by atomic mass is 35.5. The number of fused-ring (bicyclic) bond motifs is 1. The molecular weight excluding hydrogens is 268 g/mol. The van der Waals surface area contributed by atoms with E-state index >= 15 is 0 Å². The van der Waals surface area contributed by atoms with Crippen LogP contribution in [0.5, 0.6) is 0 Å². The summed E-state index contributed by atoms with van der Waals surface area (Å²) in [5, 5.41) is 1.88. The van der Waals surface area contributed by atoms with Crippen molar-refractivity contribution in [3.8, 4) is 0 Å². The van der Waals surface area contributed by atoms with Crippen LogP contribution in [-0.4, -0.2) is 12.0 Å². The molecule has 1 aromatic heterocycles.